The Hall–Kier alpha value is -1.17. The number of primary amides is 1. The maximum Gasteiger partial charge on any atom is 0.345 e. The molecule has 8 nitrogen and oxygen atoms in total. The van der Waals surface area contributed by atoms with Crippen LogP contribution in [0.5, 0.6) is 0 Å². The summed E-state index contributed by atoms with van der Waals surface area (Å²) in [5, 5.41) is 11.0. The molecular formula is C8H10BrN3O5S2. The average molecular weight is 372 g/mol. The second-order valence-electron chi connectivity index (χ2n) is 3.24. The lowest BCUT2D eigenvalue weighted by Crippen LogP contribution is -2.37. The van der Waals surface area contributed by atoms with Crippen molar-refractivity contribution in [2.75, 3.05) is 13.1 Å². The van der Waals surface area contributed by atoms with E-state index in [-0.39, 0.29) is 26.6 Å². The van der Waals surface area contributed by atoms with Crippen molar-refractivity contribution < 1.29 is 23.1 Å². The van der Waals surface area contributed by atoms with E-state index < -0.39 is 22.0 Å². The van der Waals surface area contributed by atoms with Crippen LogP contribution < -0.4 is 15.8 Å². The highest BCUT2D eigenvalue weighted by atomic mass is 79.9. The number of halogens is 1. The molecule has 0 aliphatic heterocycles. The van der Waals surface area contributed by atoms with Crippen molar-refractivity contribution in [1.29, 1.82) is 0 Å². The topological polar surface area (TPSA) is 139 Å². The molecule has 1 aromatic rings. The molecule has 0 radical (unpaired) electrons. The van der Waals surface area contributed by atoms with Crippen molar-refractivity contribution in [3.8, 4) is 0 Å². The summed E-state index contributed by atoms with van der Waals surface area (Å²) in [6.45, 7) is -0.0297. The quantitative estimate of drug-likeness (QED) is 0.527. The standard InChI is InChI=1S/C8H10BrN3O5S2/c9-6-5(3-4(18-6)7(13)14)19(16,17)12-2-1-11-8(10)15/h3,12H,1-2H2,(H,13,14)(H3,10,11,15). The van der Waals surface area contributed by atoms with Gasteiger partial charge >= 0.3 is 12.0 Å². The number of sulfonamides is 1. The van der Waals surface area contributed by atoms with Crippen molar-refractivity contribution >= 4 is 49.3 Å². The Bertz CT molecular complexity index is 598. The van der Waals surface area contributed by atoms with E-state index in [2.05, 4.69) is 26.0 Å². The Kier molecular flexibility index (Phi) is 5.29. The smallest absolute Gasteiger partial charge is 0.345 e. The van der Waals surface area contributed by atoms with Crippen LogP contribution in [0.1, 0.15) is 9.67 Å². The number of nitrogens with two attached hydrogens (primary N) is 1. The van der Waals surface area contributed by atoms with Gasteiger partial charge in [0.05, 0.1) is 3.79 Å². The van der Waals surface area contributed by atoms with Gasteiger partial charge in [0.1, 0.15) is 9.77 Å². The Labute approximate surface area is 121 Å². The number of carboxylic acid groups (broad SMARTS) is 1. The lowest BCUT2D eigenvalue weighted by Gasteiger charge is -2.05. The molecule has 1 aromatic heterocycles. The third kappa shape index (κ3) is 4.45. The number of carboxylic acids is 1. The minimum absolute atomic E-state index is 0.0299. The zero-order valence-corrected chi connectivity index (χ0v) is 12.6. The molecule has 19 heavy (non-hydrogen) atoms. The zero-order chi connectivity index (χ0) is 14.6. The highest BCUT2D eigenvalue weighted by Crippen LogP contribution is 2.31. The zero-order valence-electron chi connectivity index (χ0n) is 9.34. The fourth-order valence-corrected chi connectivity index (χ4v) is 4.52. The second-order valence-corrected chi connectivity index (χ2v) is 7.35. The average Bonchev–Trinajstić information content (AvgIpc) is 2.67. The summed E-state index contributed by atoms with van der Waals surface area (Å²) in [6, 6.07) is 0.296. The Morgan fingerprint density at radius 3 is 2.53 bits per heavy atom. The molecule has 2 amide bonds. The minimum atomic E-state index is -3.84. The van der Waals surface area contributed by atoms with Crippen LogP contribution in [0.2, 0.25) is 0 Å². The van der Waals surface area contributed by atoms with E-state index in [0.717, 1.165) is 17.4 Å². The predicted molar refractivity (Wildman–Crippen MR) is 71.8 cm³/mol. The third-order valence-corrected chi connectivity index (χ3v) is 5.57. The number of hydrogen-bond acceptors (Lipinski definition) is 5. The maximum absolute atomic E-state index is 11.9. The van der Waals surface area contributed by atoms with Crippen LogP contribution in [0.4, 0.5) is 4.79 Å². The van der Waals surface area contributed by atoms with Gasteiger partial charge in [-0.2, -0.15) is 0 Å². The molecule has 1 rings (SSSR count). The van der Waals surface area contributed by atoms with Gasteiger partial charge in [0.2, 0.25) is 10.0 Å². The van der Waals surface area contributed by atoms with E-state index in [1.165, 1.54) is 0 Å². The van der Waals surface area contributed by atoms with Gasteiger partial charge in [-0.05, 0) is 22.0 Å². The van der Waals surface area contributed by atoms with Crippen LogP contribution in [0.15, 0.2) is 14.7 Å². The SMILES string of the molecule is NC(=O)NCCNS(=O)(=O)c1cc(C(=O)O)sc1Br. The predicted octanol–water partition coefficient (Wildman–Crippen LogP) is 0.155. The van der Waals surface area contributed by atoms with Crippen LogP contribution in [0.3, 0.4) is 0 Å². The number of carbonyl (C=O) groups excluding carboxylic acids is 1. The first kappa shape index (κ1) is 15.9. The molecule has 0 aliphatic carbocycles. The van der Waals surface area contributed by atoms with Gasteiger partial charge < -0.3 is 16.2 Å². The van der Waals surface area contributed by atoms with Gasteiger partial charge in [0.25, 0.3) is 0 Å². The molecule has 1 heterocycles. The first-order chi connectivity index (χ1) is 8.74. The number of nitrogens with one attached hydrogen (secondary N) is 2. The number of urea groups is 1. The van der Waals surface area contributed by atoms with Crippen LogP contribution in [0.25, 0.3) is 0 Å². The summed E-state index contributed by atoms with van der Waals surface area (Å²) in [4.78, 5) is 20.9. The molecule has 0 unspecified atom stereocenters. The summed E-state index contributed by atoms with van der Waals surface area (Å²) in [7, 11) is -3.84. The van der Waals surface area contributed by atoms with Gasteiger partial charge in [-0.15, -0.1) is 11.3 Å². The molecule has 0 saturated heterocycles. The van der Waals surface area contributed by atoms with Gasteiger partial charge in [-0.25, -0.2) is 22.7 Å². The van der Waals surface area contributed by atoms with E-state index in [9.17, 15) is 18.0 Å². The summed E-state index contributed by atoms with van der Waals surface area (Å²) in [5.41, 5.74) is 4.82. The summed E-state index contributed by atoms with van der Waals surface area (Å²) >= 11 is 3.80. The molecule has 0 saturated carbocycles. The fraction of sp³-hybridized carbons (Fsp3) is 0.250. The summed E-state index contributed by atoms with van der Waals surface area (Å²) in [5.74, 6) is -1.21. The van der Waals surface area contributed by atoms with Gasteiger partial charge in [-0.1, -0.05) is 0 Å². The van der Waals surface area contributed by atoms with E-state index in [1.807, 2.05) is 0 Å². The number of rotatable bonds is 6. The maximum atomic E-state index is 11.9. The Morgan fingerprint density at radius 2 is 2.05 bits per heavy atom. The molecule has 0 spiro atoms. The first-order valence-corrected chi connectivity index (χ1v) is 7.89. The monoisotopic (exact) mass is 371 g/mol. The van der Waals surface area contributed by atoms with Crippen molar-refractivity contribution in [2.45, 2.75) is 4.90 Å². The normalized spacial score (nSPS) is 11.2. The molecule has 0 aliphatic rings. The summed E-state index contributed by atoms with van der Waals surface area (Å²) < 4.78 is 26.1. The third-order valence-electron chi connectivity index (χ3n) is 1.87. The van der Waals surface area contributed by atoms with E-state index in [0.29, 0.717) is 0 Å². The van der Waals surface area contributed by atoms with Gasteiger partial charge in [0.15, 0.2) is 0 Å². The number of aromatic carboxylic acids is 1. The van der Waals surface area contributed by atoms with E-state index in [1.54, 1.807) is 0 Å². The van der Waals surface area contributed by atoms with Crippen molar-refractivity contribution in [1.82, 2.24) is 10.0 Å². The van der Waals surface area contributed by atoms with Crippen LogP contribution >= 0.6 is 27.3 Å². The van der Waals surface area contributed by atoms with Crippen LogP contribution in [-0.4, -0.2) is 38.6 Å². The molecule has 5 N–H and O–H groups in total. The molecule has 0 fully saturated rings. The molecular weight excluding hydrogens is 362 g/mol. The van der Waals surface area contributed by atoms with Crippen LogP contribution in [0, 0.1) is 0 Å². The van der Waals surface area contributed by atoms with Crippen molar-refractivity contribution in [3.63, 3.8) is 0 Å². The van der Waals surface area contributed by atoms with Crippen LogP contribution in [-0.2, 0) is 10.0 Å². The highest BCUT2D eigenvalue weighted by Gasteiger charge is 2.22. The Morgan fingerprint density at radius 1 is 1.42 bits per heavy atom. The molecule has 0 atom stereocenters. The largest absolute Gasteiger partial charge is 0.477 e. The lowest BCUT2D eigenvalue weighted by molar-refractivity contribution is 0.0702. The second kappa shape index (κ2) is 6.32. The minimum Gasteiger partial charge on any atom is -0.477 e. The number of hydrogen-bond donors (Lipinski definition) is 4. The van der Waals surface area contributed by atoms with E-state index >= 15 is 0 Å². The van der Waals surface area contributed by atoms with Crippen molar-refractivity contribution in [2.24, 2.45) is 5.73 Å². The molecule has 0 aromatic carbocycles. The van der Waals surface area contributed by atoms with Crippen molar-refractivity contribution in [3.05, 3.63) is 14.7 Å². The number of thiophene rings is 1. The molecule has 11 heteroatoms. The first-order valence-electron chi connectivity index (χ1n) is 4.79. The lowest BCUT2D eigenvalue weighted by atomic mass is 10.5. The number of amides is 2. The van der Waals surface area contributed by atoms with Gasteiger partial charge in [-0.3, -0.25) is 0 Å². The fourth-order valence-electron chi connectivity index (χ4n) is 1.09. The summed E-state index contributed by atoms with van der Waals surface area (Å²) in [6.07, 6.45) is 0. The molecule has 0 bridgehead atoms. The van der Waals surface area contributed by atoms with Gasteiger partial charge in [0, 0.05) is 13.1 Å². The highest BCUT2D eigenvalue weighted by molar-refractivity contribution is 9.11. The molecule has 106 valence electrons. The van der Waals surface area contributed by atoms with E-state index in [4.69, 9.17) is 10.8 Å². The number of carbonyl (C=O) groups is 2. The Balaban J connectivity index is 2.77.